The number of methoxy groups -OCH3 is 1. The molecule has 1 aromatic carbocycles. The third-order valence-corrected chi connectivity index (χ3v) is 5.75. The number of nitrogens with zero attached hydrogens (tertiary/aromatic N) is 1. The fraction of sp³-hybridized carbons (Fsp3) is 0.500. The van der Waals surface area contributed by atoms with Gasteiger partial charge in [0.25, 0.3) is 5.91 Å². The van der Waals surface area contributed by atoms with E-state index in [4.69, 9.17) is 26.4 Å². The molecule has 1 aliphatic rings. The molecule has 6 nitrogen and oxygen atoms in total. The highest BCUT2D eigenvalue weighted by atomic mass is 32.2. The summed E-state index contributed by atoms with van der Waals surface area (Å²) in [5.41, 5.74) is 0.815. The molecule has 2 rings (SSSR count). The summed E-state index contributed by atoms with van der Waals surface area (Å²) < 4.78 is 16.7. The molecule has 0 atom stereocenters. The normalized spacial score (nSPS) is 15.0. The van der Waals surface area contributed by atoms with Gasteiger partial charge in [0, 0.05) is 6.54 Å². The minimum absolute atomic E-state index is 0.123. The molecule has 0 spiro atoms. The first kappa shape index (κ1) is 24.2. The maximum absolute atomic E-state index is 12.7. The Morgan fingerprint density at radius 3 is 2.67 bits per heavy atom. The van der Waals surface area contributed by atoms with Gasteiger partial charge in [-0.1, -0.05) is 56.7 Å². The summed E-state index contributed by atoms with van der Waals surface area (Å²) in [6.07, 6.45) is 5.92. The molecule has 1 saturated heterocycles. The first-order valence-electron chi connectivity index (χ1n) is 10.2. The summed E-state index contributed by atoms with van der Waals surface area (Å²) in [5, 5.41) is 0. The van der Waals surface area contributed by atoms with Gasteiger partial charge in [-0.15, -0.1) is 0 Å². The highest BCUT2D eigenvalue weighted by Gasteiger charge is 2.32. The van der Waals surface area contributed by atoms with E-state index in [0.29, 0.717) is 33.9 Å². The van der Waals surface area contributed by atoms with Crippen LogP contribution < -0.4 is 9.47 Å². The number of thioether (sulfide) groups is 1. The SMILES string of the molecule is CCCCCOc1ccc(/C=C2\SC(=S)N(CCC(=O)OCCC)C2=O)cc1OC. The van der Waals surface area contributed by atoms with Crippen molar-refractivity contribution in [3.63, 3.8) is 0 Å². The molecule has 0 radical (unpaired) electrons. The lowest BCUT2D eigenvalue weighted by Gasteiger charge is -2.13. The van der Waals surface area contributed by atoms with Gasteiger partial charge in [0.05, 0.1) is 31.6 Å². The van der Waals surface area contributed by atoms with Crippen LogP contribution in [0.1, 0.15) is 51.5 Å². The van der Waals surface area contributed by atoms with Crippen molar-refractivity contribution in [3.8, 4) is 11.5 Å². The molecule has 1 fully saturated rings. The van der Waals surface area contributed by atoms with E-state index in [0.717, 1.165) is 31.2 Å². The number of ether oxygens (including phenoxy) is 3. The van der Waals surface area contributed by atoms with E-state index in [2.05, 4.69) is 6.92 Å². The van der Waals surface area contributed by atoms with E-state index in [1.165, 1.54) is 16.7 Å². The van der Waals surface area contributed by atoms with Crippen LogP contribution in [0, 0.1) is 0 Å². The van der Waals surface area contributed by atoms with E-state index in [9.17, 15) is 9.59 Å². The molecule has 1 aliphatic heterocycles. The molecule has 0 N–H and O–H groups in total. The van der Waals surface area contributed by atoms with Gasteiger partial charge in [0.15, 0.2) is 11.5 Å². The van der Waals surface area contributed by atoms with Crippen LogP contribution in [0.2, 0.25) is 0 Å². The lowest BCUT2D eigenvalue weighted by Crippen LogP contribution is -2.30. The number of carbonyl (C=O) groups is 2. The molecule has 0 bridgehead atoms. The monoisotopic (exact) mass is 451 g/mol. The van der Waals surface area contributed by atoms with Crippen LogP contribution in [0.3, 0.4) is 0 Å². The van der Waals surface area contributed by atoms with Gasteiger partial charge in [-0.05, 0) is 36.6 Å². The molecule has 0 unspecified atom stereocenters. The largest absolute Gasteiger partial charge is 0.493 e. The predicted octanol–water partition coefficient (Wildman–Crippen LogP) is 4.81. The molecular formula is C22H29NO5S2. The average Bonchev–Trinajstić information content (AvgIpc) is 3.01. The summed E-state index contributed by atoms with van der Waals surface area (Å²) in [7, 11) is 1.59. The molecule has 1 aromatic rings. The second-order valence-electron chi connectivity index (χ2n) is 6.77. The summed E-state index contributed by atoms with van der Waals surface area (Å²) >= 11 is 6.55. The van der Waals surface area contributed by atoms with Crippen LogP contribution in [0.4, 0.5) is 0 Å². The quantitative estimate of drug-likeness (QED) is 0.196. The molecule has 30 heavy (non-hydrogen) atoms. The second kappa shape index (κ2) is 12.6. The lowest BCUT2D eigenvalue weighted by molar-refractivity contribution is -0.143. The maximum Gasteiger partial charge on any atom is 0.307 e. The van der Waals surface area contributed by atoms with Gasteiger partial charge in [0.2, 0.25) is 0 Å². The highest BCUT2D eigenvalue weighted by Crippen LogP contribution is 2.35. The fourth-order valence-corrected chi connectivity index (χ4v) is 4.07. The Bertz CT molecular complexity index is 794. The van der Waals surface area contributed by atoms with Gasteiger partial charge >= 0.3 is 5.97 Å². The lowest BCUT2D eigenvalue weighted by atomic mass is 10.2. The van der Waals surface area contributed by atoms with Crippen LogP contribution in [-0.2, 0) is 14.3 Å². The third kappa shape index (κ3) is 7.02. The van der Waals surface area contributed by atoms with Gasteiger partial charge in [-0.3, -0.25) is 14.5 Å². The molecular weight excluding hydrogens is 422 g/mol. The third-order valence-electron chi connectivity index (χ3n) is 4.37. The van der Waals surface area contributed by atoms with Crippen molar-refractivity contribution in [2.24, 2.45) is 0 Å². The Labute approximate surface area is 187 Å². The number of hydrogen-bond donors (Lipinski definition) is 0. The van der Waals surface area contributed by atoms with Gasteiger partial charge in [-0.25, -0.2) is 0 Å². The minimum Gasteiger partial charge on any atom is -0.493 e. The Kier molecular flexibility index (Phi) is 10.2. The Hall–Kier alpha value is -2.06. The number of benzene rings is 1. The van der Waals surface area contributed by atoms with Crippen LogP contribution >= 0.6 is 24.0 Å². The van der Waals surface area contributed by atoms with Crippen LogP contribution in [-0.4, -0.2) is 48.0 Å². The zero-order chi connectivity index (χ0) is 21.9. The van der Waals surface area contributed by atoms with E-state index < -0.39 is 0 Å². The average molecular weight is 452 g/mol. The van der Waals surface area contributed by atoms with E-state index >= 15 is 0 Å². The number of hydrogen-bond acceptors (Lipinski definition) is 7. The van der Waals surface area contributed by atoms with E-state index in [1.807, 2.05) is 25.1 Å². The topological polar surface area (TPSA) is 65.1 Å². The molecule has 0 aliphatic carbocycles. The first-order chi connectivity index (χ1) is 14.5. The Morgan fingerprint density at radius 1 is 1.17 bits per heavy atom. The molecule has 164 valence electrons. The summed E-state index contributed by atoms with van der Waals surface area (Å²) in [4.78, 5) is 26.4. The van der Waals surface area contributed by atoms with Crippen molar-refractivity contribution < 1.29 is 23.8 Å². The zero-order valence-electron chi connectivity index (χ0n) is 17.8. The Balaban J connectivity index is 2.02. The molecule has 1 amide bonds. The molecule has 0 aromatic heterocycles. The number of carbonyl (C=O) groups excluding carboxylic acids is 2. The van der Waals surface area contributed by atoms with Crippen molar-refractivity contribution in [1.29, 1.82) is 0 Å². The van der Waals surface area contributed by atoms with Crippen molar-refractivity contribution in [2.75, 3.05) is 26.9 Å². The minimum atomic E-state index is -0.325. The van der Waals surface area contributed by atoms with E-state index in [-0.39, 0.29) is 24.8 Å². The predicted molar refractivity (Wildman–Crippen MR) is 124 cm³/mol. The summed E-state index contributed by atoms with van der Waals surface area (Å²) in [6, 6.07) is 5.57. The summed E-state index contributed by atoms with van der Waals surface area (Å²) in [6.45, 7) is 5.33. The molecule has 1 heterocycles. The number of amides is 1. The smallest absolute Gasteiger partial charge is 0.307 e. The van der Waals surface area contributed by atoms with Crippen LogP contribution in [0.25, 0.3) is 6.08 Å². The maximum atomic E-state index is 12.7. The molecule has 8 heteroatoms. The van der Waals surface area contributed by atoms with Crippen LogP contribution in [0.5, 0.6) is 11.5 Å². The van der Waals surface area contributed by atoms with Gasteiger partial charge in [0.1, 0.15) is 4.32 Å². The number of unbranched alkanes of at least 4 members (excludes halogenated alkanes) is 2. The zero-order valence-corrected chi connectivity index (χ0v) is 19.4. The number of thiocarbonyl (C=S) groups is 1. The van der Waals surface area contributed by atoms with Gasteiger partial charge < -0.3 is 14.2 Å². The Morgan fingerprint density at radius 2 is 1.97 bits per heavy atom. The second-order valence-corrected chi connectivity index (χ2v) is 8.45. The number of esters is 1. The standard InChI is InChI=1S/C22H29NO5S2/c1-4-6-7-13-27-17-9-8-16(14-18(17)26-3)15-19-21(25)23(22(29)30-19)11-10-20(24)28-12-5-2/h8-9,14-15H,4-7,10-13H2,1-3H3/b19-15-. The van der Waals surface area contributed by atoms with Crippen molar-refractivity contribution in [2.45, 2.75) is 46.0 Å². The van der Waals surface area contributed by atoms with Crippen molar-refractivity contribution >= 4 is 46.3 Å². The highest BCUT2D eigenvalue weighted by molar-refractivity contribution is 8.26. The summed E-state index contributed by atoms with van der Waals surface area (Å²) in [5.74, 6) is 0.777. The molecule has 0 saturated carbocycles. The van der Waals surface area contributed by atoms with Crippen LogP contribution in [0.15, 0.2) is 23.1 Å². The van der Waals surface area contributed by atoms with E-state index in [1.54, 1.807) is 13.2 Å². The first-order valence-corrected chi connectivity index (χ1v) is 11.4. The van der Waals surface area contributed by atoms with Crippen molar-refractivity contribution in [3.05, 3.63) is 28.7 Å². The number of rotatable bonds is 12. The fourth-order valence-electron chi connectivity index (χ4n) is 2.76. The van der Waals surface area contributed by atoms with Gasteiger partial charge in [-0.2, -0.15) is 0 Å². The van der Waals surface area contributed by atoms with Crippen molar-refractivity contribution in [1.82, 2.24) is 4.90 Å².